The van der Waals surface area contributed by atoms with E-state index < -0.39 is 34.5 Å². The van der Waals surface area contributed by atoms with Crippen molar-refractivity contribution in [1.29, 1.82) is 0 Å². The summed E-state index contributed by atoms with van der Waals surface area (Å²) in [6, 6.07) is 4.03. The summed E-state index contributed by atoms with van der Waals surface area (Å²) < 4.78 is 43.2. The Morgan fingerprint density at radius 2 is 2.04 bits per heavy atom. The lowest BCUT2D eigenvalue weighted by Crippen LogP contribution is -2.26. The van der Waals surface area contributed by atoms with Gasteiger partial charge in [-0.3, -0.25) is 4.79 Å². The van der Waals surface area contributed by atoms with Gasteiger partial charge in [-0.1, -0.05) is 0 Å². The van der Waals surface area contributed by atoms with E-state index in [0.717, 1.165) is 43.3 Å². The van der Waals surface area contributed by atoms with Crippen LogP contribution in [0.25, 0.3) is 0 Å². The molecule has 0 spiro atoms. The molecular weight excluding hydrogens is 309 g/mol. The number of carbonyl (C=O) groups is 1. The Hall–Kier alpha value is -2.64. The third-order valence-electron chi connectivity index (χ3n) is 3.54. The molecule has 1 amide bonds. The van der Waals surface area contributed by atoms with Crippen molar-refractivity contribution in [2.75, 3.05) is 5.32 Å². The summed E-state index contributed by atoms with van der Waals surface area (Å²) in [7, 11) is 0. The van der Waals surface area contributed by atoms with E-state index in [2.05, 4.69) is 15.5 Å². The van der Waals surface area contributed by atoms with E-state index in [1.54, 1.807) is 0 Å². The van der Waals surface area contributed by atoms with E-state index in [9.17, 15) is 18.0 Å². The van der Waals surface area contributed by atoms with Gasteiger partial charge in [0.05, 0.1) is 17.3 Å². The van der Waals surface area contributed by atoms with E-state index in [-0.39, 0.29) is 11.7 Å². The van der Waals surface area contributed by atoms with Crippen molar-refractivity contribution in [1.82, 2.24) is 10.2 Å². The van der Waals surface area contributed by atoms with E-state index in [0.29, 0.717) is 0 Å². The third-order valence-corrected chi connectivity index (χ3v) is 3.54. The number of primary amides is 1. The molecule has 1 heterocycles. The molecule has 0 atom stereocenters. The number of carbonyl (C=O) groups excluding carboxylic acids is 1. The predicted molar refractivity (Wildman–Crippen MR) is 76.6 cm³/mol. The summed E-state index contributed by atoms with van der Waals surface area (Å²) >= 11 is 0. The second-order valence-corrected chi connectivity index (χ2v) is 5.34. The highest BCUT2D eigenvalue weighted by atomic mass is 19.3. The second-order valence-electron chi connectivity index (χ2n) is 5.34. The highest BCUT2D eigenvalue weighted by Crippen LogP contribution is 2.41. The topological polar surface area (TPSA) is 80.9 Å². The molecular formula is C15H13F3N4O. The number of hydrogen-bond donors (Lipinski definition) is 2. The average Bonchev–Trinajstić information content (AvgIpc) is 3.31. The fourth-order valence-corrected chi connectivity index (χ4v) is 2.25. The number of nitrogens with zero attached hydrogens (tertiary/aromatic N) is 2. The number of rotatable bonds is 5. The molecule has 2 aromatic rings. The molecule has 0 aliphatic heterocycles. The van der Waals surface area contributed by atoms with Crippen molar-refractivity contribution in [2.45, 2.75) is 24.8 Å². The van der Waals surface area contributed by atoms with Gasteiger partial charge in [0, 0.05) is 11.7 Å². The number of alkyl halides is 2. The predicted octanol–water partition coefficient (Wildman–Crippen LogP) is 2.43. The Labute approximate surface area is 129 Å². The van der Waals surface area contributed by atoms with Crippen LogP contribution in [0.4, 0.5) is 18.9 Å². The highest BCUT2D eigenvalue weighted by molar-refractivity contribution is 5.94. The van der Waals surface area contributed by atoms with E-state index >= 15 is 0 Å². The van der Waals surface area contributed by atoms with Crippen LogP contribution in [0.15, 0.2) is 30.5 Å². The number of nitrogens with one attached hydrogen (secondary N) is 1. The van der Waals surface area contributed by atoms with Gasteiger partial charge in [-0.2, -0.15) is 13.9 Å². The molecule has 0 saturated heterocycles. The van der Waals surface area contributed by atoms with Crippen LogP contribution in [-0.2, 0) is 5.92 Å². The summed E-state index contributed by atoms with van der Waals surface area (Å²) in [4.78, 5) is 11.4. The fraction of sp³-hybridized carbons (Fsp3) is 0.267. The first-order valence-electron chi connectivity index (χ1n) is 6.96. The number of amides is 1. The number of halogens is 3. The Morgan fingerprint density at radius 1 is 1.30 bits per heavy atom. The van der Waals surface area contributed by atoms with E-state index in [1.165, 1.54) is 0 Å². The maximum Gasteiger partial charge on any atom is 0.319 e. The molecule has 0 bridgehead atoms. The van der Waals surface area contributed by atoms with Gasteiger partial charge in [-0.15, -0.1) is 5.10 Å². The zero-order chi connectivity index (χ0) is 16.6. The van der Waals surface area contributed by atoms with Crippen molar-refractivity contribution >= 4 is 11.6 Å². The lowest BCUT2D eigenvalue weighted by Gasteiger charge is -2.21. The molecule has 3 N–H and O–H groups in total. The third kappa shape index (κ3) is 2.96. The monoisotopic (exact) mass is 322 g/mol. The summed E-state index contributed by atoms with van der Waals surface area (Å²) in [6.07, 6.45) is 2.77. The van der Waals surface area contributed by atoms with Crippen LogP contribution in [0.2, 0.25) is 0 Å². The maximum absolute atomic E-state index is 14.9. The molecule has 1 fully saturated rings. The van der Waals surface area contributed by atoms with Gasteiger partial charge in [0.15, 0.2) is 0 Å². The molecule has 0 unspecified atom stereocenters. The lowest BCUT2D eigenvalue weighted by molar-refractivity contribution is 0.0362. The van der Waals surface area contributed by atoms with Gasteiger partial charge >= 0.3 is 5.92 Å². The van der Waals surface area contributed by atoms with E-state index in [4.69, 9.17) is 5.73 Å². The molecule has 1 saturated carbocycles. The molecule has 120 valence electrons. The first kappa shape index (κ1) is 15.3. The summed E-state index contributed by atoms with van der Waals surface area (Å²) in [5.41, 5.74) is 3.35. The molecule has 1 aromatic heterocycles. The van der Waals surface area contributed by atoms with Crippen molar-refractivity contribution < 1.29 is 18.0 Å². The van der Waals surface area contributed by atoms with Crippen LogP contribution >= 0.6 is 0 Å². The quantitative estimate of drug-likeness (QED) is 0.886. The fourth-order valence-electron chi connectivity index (χ4n) is 2.25. The average molecular weight is 322 g/mol. The lowest BCUT2D eigenvalue weighted by atomic mass is 9.99. The van der Waals surface area contributed by atoms with Gasteiger partial charge in [0.2, 0.25) is 0 Å². The Kier molecular flexibility index (Phi) is 3.67. The molecule has 23 heavy (non-hydrogen) atoms. The largest absolute Gasteiger partial charge is 0.382 e. The minimum absolute atomic E-state index is 0.0291. The van der Waals surface area contributed by atoms with Crippen LogP contribution in [0, 0.1) is 5.82 Å². The minimum Gasteiger partial charge on any atom is -0.382 e. The standard InChI is InChI=1S/C15H13F3N4O/c16-8-1-4-11(12(7-8)21-9-2-3-9)15(17,18)13-10(14(19)23)5-6-20-22-13/h1,4-7,9,21H,2-3H2,(H2,19,23). The molecule has 1 aliphatic carbocycles. The molecule has 1 aliphatic rings. The number of anilines is 1. The Balaban J connectivity index is 2.11. The van der Waals surface area contributed by atoms with Gasteiger partial charge < -0.3 is 11.1 Å². The second kappa shape index (κ2) is 5.53. The minimum atomic E-state index is -3.65. The van der Waals surface area contributed by atoms with Gasteiger partial charge in [-0.25, -0.2) is 4.39 Å². The summed E-state index contributed by atoms with van der Waals surface area (Å²) in [6.45, 7) is 0. The first-order chi connectivity index (χ1) is 10.9. The van der Waals surface area contributed by atoms with Crippen LogP contribution in [0.5, 0.6) is 0 Å². The van der Waals surface area contributed by atoms with Crippen molar-refractivity contribution in [3.63, 3.8) is 0 Å². The summed E-state index contributed by atoms with van der Waals surface area (Å²) in [5.74, 6) is -5.32. The van der Waals surface area contributed by atoms with Crippen LogP contribution in [0.3, 0.4) is 0 Å². The van der Waals surface area contributed by atoms with Gasteiger partial charge in [-0.05, 0) is 37.1 Å². The zero-order valence-corrected chi connectivity index (χ0v) is 11.9. The van der Waals surface area contributed by atoms with Crippen LogP contribution in [-0.4, -0.2) is 22.1 Å². The van der Waals surface area contributed by atoms with Gasteiger partial charge in [0.1, 0.15) is 11.5 Å². The molecule has 3 rings (SSSR count). The van der Waals surface area contributed by atoms with Crippen molar-refractivity contribution in [3.8, 4) is 0 Å². The molecule has 1 aromatic carbocycles. The smallest absolute Gasteiger partial charge is 0.319 e. The van der Waals surface area contributed by atoms with Gasteiger partial charge in [0.25, 0.3) is 5.91 Å². The molecule has 0 radical (unpaired) electrons. The van der Waals surface area contributed by atoms with Crippen molar-refractivity contribution in [3.05, 3.63) is 53.1 Å². The maximum atomic E-state index is 14.9. The Morgan fingerprint density at radius 3 is 2.70 bits per heavy atom. The zero-order valence-electron chi connectivity index (χ0n) is 11.9. The highest BCUT2D eigenvalue weighted by Gasteiger charge is 2.42. The number of aromatic nitrogens is 2. The SMILES string of the molecule is NC(=O)c1ccnnc1C(F)(F)c1ccc(F)cc1NC1CC1. The van der Waals surface area contributed by atoms with Crippen LogP contribution < -0.4 is 11.1 Å². The van der Waals surface area contributed by atoms with E-state index in [1.807, 2.05) is 0 Å². The number of benzene rings is 1. The van der Waals surface area contributed by atoms with Crippen molar-refractivity contribution in [2.24, 2.45) is 5.73 Å². The Bertz CT molecular complexity index is 762. The molecule has 5 nitrogen and oxygen atoms in total. The number of nitrogens with two attached hydrogens (primary N) is 1. The number of hydrogen-bond acceptors (Lipinski definition) is 4. The first-order valence-corrected chi connectivity index (χ1v) is 6.96. The van der Waals surface area contributed by atoms with Crippen LogP contribution in [0.1, 0.15) is 34.5 Å². The summed E-state index contributed by atoms with van der Waals surface area (Å²) in [5, 5.41) is 9.66. The molecule has 8 heteroatoms. The normalized spacial score (nSPS) is 14.6.